The fourth-order valence-corrected chi connectivity index (χ4v) is 1.53. The van der Waals surface area contributed by atoms with Gasteiger partial charge in [0.05, 0.1) is 22.9 Å². The number of benzene rings is 2. The Morgan fingerprint density at radius 3 is 2.00 bits per heavy atom. The molecule has 1 N–H and O–H groups in total. The van der Waals surface area contributed by atoms with E-state index in [2.05, 4.69) is 10.2 Å². The molecule has 0 saturated heterocycles. The summed E-state index contributed by atoms with van der Waals surface area (Å²) < 4.78 is 5.22. The van der Waals surface area contributed by atoms with Gasteiger partial charge in [0.2, 0.25) is 0 Å². The second-order valence-electron chi connectivity index (χ2n) is 4.04. The maximum atomic E-state index is 10.5. The molecule has 7 nitrogen and oxygen atoms in total. The molecule has 0 spiro atoms. The van der Waals surface area contributed by atoms with Gasteiger partial charge in [-0.25, -0.2) is 0 Å². The number of non-ortho nitro benzene ring substituents is 1. The molecule has 0 bridgehead atoms. The van der Waals surface area contributed by atoms with E-state index in [9.17, 15) is 10.1 Å². The lowest BCUT2D eigenvalue weighted by molar-refractivity contribution is -0.384. The summed E-state index contributed by atoms with van der Waals surface area (Å²) in [5, 5.41) is 27.2. The van der Waals surface area contributed by atoms with E-state index in [4.69, 9.17) is 9.84 Å². The van der Waals surface area contributed by atoms with Gasteiger partial charge in [-0.05, 0) is 36.4 Å². The Balaban J connectivity index is 2.01. The van der Waals surface area contributed by atoms with Crippen molar-refractivity contribution in [2.45, 2.75) is 0 Å². The van der Waals surface area contributed by atoms with Gasteiger partial charge in [0, 0.05) is 12.1 Å². The van der Waals surface area contributed by atoms with Crippen molar-refractivity contribution in [3.63, 3.8) is 0 Å². The standard InChI is InChI=1S/C14H13N3O4/c18-9-10-21-14-7-3-12(4-8-14)16-15-11-1-5-13(6-2-11)17(19)20/h1-8,18H,9-10H2. The predicted molar refractivity (Wildman–Crippen MR) is 76.3 cm³/mol. The van der Waals surface area contributed by atoms with E-state index >= 15 is 0 Å². The van der Waals surface area contributed by atoms with Crippen molar-refractivity contribution in [1.29, 1.82) is 0 Å². The molecule has 0 aliphatic carbocycles. The largest absolute Gasteiger partial charge is 0.491 e. The number of hydrogen-bond acceptors (Lipinski definition) is 6. The van der Waals surface area contributed by atoms with Gasteiger partial charge in [0.15, 0.2) is 0 Å². The van der Waals surface area contributed by atoms with Crippen molar-refractivity contribution < 1.29 is 14.8 Å². The molecule has 0 saturated carbocycles. The third-order valence-corrected chi connectivity index (χ3v) is 2.54. The minimum absolute atomic E-state index is 0.0133. The average Bonchev–Trinajstić information content (AvgIpc) is 2.52. The Kier molecular flexibility index (Phi) is 4.94. The van der Waals surface area contributed by atoms with Crippen LogP contribution in [0.1, 0.15) is 0 Å². The maximum Gasteiger partial charge on any atom is 0.269 e. The molecule has 2 aromatic carbocycles. The molecule has 2 aromatic rings. The van der Waals surface area contributed by atoms with Crippen molar-refractivity contribution in [1.82, 2.24) is 0 Å². The van der Waals surface area contributed by atoms with Crippen LogP contribution in [-0.4, -0.2) is 23.2 Å². The molecule has 2 rings (SSSR count). The number of rotatable bonds is 6. The van der Waals surface area contributed by atoms with Crippen molar-refractivity contribution in [2.24, 2.45) is 10.2 Å². The number of ether oxygens (including phenoxy) is 1. The lowest BCUT2D eigenvalue weighted by atomic mass is 10.3. The van der Waals surface area contributed by atoms with Crippen molar-refractivity contribution >= 4 is 17.1 Å². The van der Waals surface area contributed by atoms with E-state index in [0.717, 1.165) is 0 Å². The predicted octanol–water partition coefficient (Wildman–Crippen LogP) is 3.38. The van der Waals surface area contributed by atoms with Crippen LogP contribution in [0.3, 0.4) is 0 Å². The normalized spacial score (nSPS) is 10.7. The SMILES string of the molecule is O=[N+]([O-])c1ccc(N=Nc2ccc(OCCO)cc2)cc1. The molecule has 0 unspecified atom stereocenters. The fourth-order valence-electron chi connectivity index (χ4n) is 1.53. The Labute approximate surface area is 120 Å². The highest BCUT2D eigenvalue weighted by atomic mass is 16.6. The minimum atomic E-state index is -0.466. The molecule has 0 heterocycles. The first-order chi connectivity index (χ1) is 10.2. The van der Waals surface area contributed by atoms with Crippen LogP contribution in [-0.2, 0) is 0 Å². The van der Waals surface area contributed by atoms with Gasteiger partial charge < -0.3 is 9.84 Å². The molecule has 108 valence electrons. The molecule has 0 aromatic heterocycles. The van der Waals surface area contributed by atoms with Crippen molar-refractivity contribution in [3.8, 4) is 5.75 Å². The number of hydrogen-bond donors (Lipinski definition) is 1. The molecule has 0 amide bonds. The van der Waals surface area contributed by atoms with Crippen LogP contribution >= 0.6 is 0 Å². The summed E-state index contributed by atoms with van der Waals surface area (Å²) in [7, 11) is 0. The Morgan fingerprint density at radius 2 is 1.52 bits per heavy atom. The third-order valence-electron chi connectivity index (χ3n) is 2.54. The maximum absolute atomic E-state index is 10.5. The second-order valence-corrected chi connectivity index (χ2v) is 4.04. The summed E-state index contributed by atoms with van der Waals surface area (Å²) in [6.07, 6.45) is 0. The fraction of sp³-hybridized carbons (Fsp3) is 0.143. The van der Waals surface area contributed by atoms with Crippen LogP contribution < -0.4 is 4.74 Å². The Bertz CT molecular complexity index is 624. The van der Waals surface area contributed by atoms with Gasteiger partial charge >= 0.3 is 0 Å². The first-order valence-electron chi connectivity index (χ1n) is 6.19. The number of aliphatic hydroxyl groups excluding tert-OH is 1. The quantitative estimate of drug-likeness (QED) is 0.500. The molecule has 0 aliphatic heterocycles. The van der Waals surface area contributed by atoms with Crippen molar-refractivity contribution in [2.75, 3.05) is 13.2 Å². The Hall–Kier alpha value is -2.80. The zero-order chi connectivity index (χ0) is 15.1. The zero-order valence-electron chi connectivity index (χ0n) is 11.0. The number of azo groups is 1. The number of aliphatic hydroxyl groups is 1. The molecule has 0 fully saturated rings. The van der Waals surface area contributed by atoms with Gasteiger partial charge in [0.1, 0.15) is 12.4 Å². The van der Waals surface area contributed by atoms with E-state index < -0.39 is 4.92 Å². The lowest BCUT2D eigenvalue weighted by Gasteiger charge is -2.03. The van der Waals surface area contributed by atoms with Gasteiger partial charge in [-0.2, -0.15) is 10.2 Å². The molecule has 0 radical (unpaired) electrons. The van der Waals surface area contributed by atoms with Crippen LogP contribution in [0.2, 0.25) is 0 Å². The summed E-state index contributed by atoms with van der Waals surface area (Å²) in [4.78, 5) is 10.1. The van der Waals surface area contributed by atoms with Crippen LogP contribution in [0.4, 0.5) is 17.1 Å². The van der Waals surface area contributed by atoms with Crippen LogP contribution in [0.5, 0.6) is 5.75 Å². The summed E-state index contributed by atoms with van der Waals surface area (Å²) >= 11 is 0. The van der Waals surface area contributed by atoms with Gasteiger partial charge in [-0.3, -0.25) is 10.1 Å². The molecule has 0 aliphatic rings. The summed E-state index contributed by atoms with van der Waals surface area (Å²) in [5.41, 5.74) is 1.17. The van der Waals surface area contributed by atoms with E-state index in [-0.39, 0.29) is 18.9 Å². The third kappa shape index (κ3) is 4.36. The van der Waals surface area contributed by atoms with Crippen LogP contribution in [0.25, 0.3) is 0 Å². The van der Waals surface area contributed by atoms with Gasteiger partial charge in [-0.1, -0.05) is 0 Å². The highest BCUT2D eigenvalue weighted by Gasteiger charge is 2.03. The van der Waals surface area contributed by atoms with Crippen LogP contribution in [0.15, 0.2) is 58.8 Å². The number of nitro benzene ring substituents is 1. The van der Waals surface area contributed by atoms with E-state index in [1.807, 2.05) is 0 Å². The second kappa shape index (κ2) is 7.11. The number of nitro groups is 1. The zero-order valence-corrected chi connectivity index (χ0v) is 11.0. The Morgan fingerprint density at radius 1 is 1.00 bits per heavy atom. The molecule has 0 atom stereocenters. The van der Waals surface area contributed by atoms with Crippen LogP contribution in [0, 0.1) is 10.1 Å². The summed E-state index contributed by atoms with van der Waals surface area (Å²) in [6, 6.07) is 12.7. The highest BCUT2D eigenvalue weighted by Crippen LogP contribution is 2.22. The smallest absolute Gasteiger partial charge is 0.269 e. The molecule has 21 heavy (non-hydrogen) atoms. The molecular weight excluding hydrogens is 274 g/mol. The van der Waals surface area contributed by atoms with Gasteiger partial charge in [-0.15, -0.1) is 0 Å². The molecule has 7 heteroatoms. The van der Waals surface area contributed by atoms with E-state index in [0.29, 0.717) is 17.1 Å². The average molecular weight is 287 g/mol. The highest BCUT2D eigenvalue weighted by molar-refractivity contribution is 5.45. The van der Waals surface area contributed by atoms with Crippen molar-refractivity contribution in [3.05, 3.63) is 58.6 Å². The first kappa shape index (κ1) is 14.6. The van der Waals surface area contributed by atoms with E-state index in [1.54, 1.807) is 24.3 Å². The topological polar surface area (TPSA) is 97.3 Å². The number of nitrogens with zero attached hydrogens (tertiary/aromatic N) is 3. The summed E-state index contributed by atoms with van der Waals surface area (Å²) in [5.74, 6) is 0.637. The first-order valence-corrected chi connectivity index (χ1v) is 6.19. The lowest BCUT2D eigenvalue weighted by Crippen LogP contribution is -2.00. The van der Waals surface area contributed by atoms with Gasteiger partial charge in [0.25, 0.3) is 5.69 Å². The van der Waals surface area contributed by atoms with E-state index in [1.165, 1.54) is 24.3 Å². The summed E-state index contributed by atoms with van der Waals surface area (Å²) in [6.45, 7) is 0.200. The minimum Gasteiger partial charge on any atom is -0.491 e. The monoisotopic (exact) mass is 287 g/mol. The molecular formula is C14H13N3O4.